The lowest BCUT2D eigenvalue weighted by Crippen LogP contribution is -2.02. The molecule has 0 aliphatic carbocycles. The molecular weight excluding hydrogens is 340 g/mol. The zero-order valence-corrected chi connectivity index (χ0v) is 13.2. The van der Waals surface area contributed by atoms with Crippen LogP contribution in [0.15, 0.2) is 24.3 Å². The number of benzene rings is 2. The number of halogens is 4. The average molecular weight is 351 g/mol. The SMILES string of the molecule is COc1cc(Cl)cc(CNc2c(Cl)cc(F)cc2Cl)c1O. The quantitative estimate of drug-likeness (QED) is 0.805. The van der Waals surface area contributed by atoms with Gasteiger partial charge in [-0.15, -0.1) is 0 Å². The summed E-state index contributed by atoms with van der Waals surface area (Å²) in [4.78, 5) is 0. The predicted octanol–water partition coefficient (Wildman–Crippen LogP) is 5.11. The third-order valence-electron chi connectivity index (χ3n) is 2.80. The number of aromatic hydroxyl groups is 1. The molecule has 0 aromatic heterocycles. The van der Waals surface area contributed by atoms with Crippen LogP contribution in [0, 0.1) is 5.82 Å². The van der Waals surface area contributed by atoms with Crippen LogP contribution in [0.1, 0.15) is 5.56 Å². The van der Waals surface area contributed by atoms with Crippen molar-refractivity contribution in [2.24, 2.45) is 0 Å². The number of phenolic OH excluding ortho intramolecular Hbond substituents is 1. The Morgan fingerprint density at radius 1 is 1.14 bits per heavy atom. The fourth-order valence-corrected chi connectivity index (χ4v) is 2.64. The van der Waals surface area contributed by atoms with Gasteiger partial charge in [-0.3, -0.25) is 0 Å². The number of nitrogens with one attached hydrogen (secondary N) is 1. The number of methoxy groups -OCH3 is 1. The van der Waals surface area contributed by atoms with Gasteiger partial charge in [0.2, 0.25) is 0 Å². The maximum absolute atomic E-state index is 13.1. The van der Waals surface area contributed by atoms with E-state index in [0.29, 0.717) is 16.3 Å². The van der Waals surface area contributed by atoms with E-state index in [-0.39, 0.29) is 28.1 Å². The molecule has 0 saturated carbocycles. The molecule has 0 fully saturated rings. The third kappa shape index (κ3) is 3.64. The standard InChI is InChI=1S/C14H11Cl3FNO2/c1-21-12-3-8(15)2-7(14(12)20)6-19-13-10(16)4-9(18)5-11(13)17/h2-5,19-20H,6H2,1H3. The Morgan fingerprint density at radius 3 is 2.33 bits per heavy atom. The van der Waals surface area contributed by atoms with Crippen molar-refractivity contribution < 1.29 is 14.2 Å². The van der Waals surface area contributed by atoms with E-state index < -0.39 is 5.82 Å². The van der Waals surface area contributed by atoms with Crippen molar-refractivity contribution in [3.8, 4) is 11.5 Å². The number of rotatable bonds is 4. The van der Waals surface area contributed by atoms with E-state index >= 15 is 0 Å². The first-order valence-electron chi connectivity index (χ1n) is 5.86. The average Bonchev–Trinajstić information content (AvgIpc) is 2.40. The number of phenols is 1. The largest absolute Gasteiger partial charge is 0.504 e. The lowest BCUT2D eigenvalue weighted by molar-refractivity contribution is 0.371. The van der Waals surface area contributed by atoms with Crippen molar-refractivity contribution in [1.29, 1.82) is 0 Å². The summed E-state index contributed by atoms with van der Waals surface area (Å²) in [6, 6.07) is 5.37. The molecule has 0 radical (unpaired) electrons. The second-order valence-electron chi connectivity index (χ2n) is 4.21. The summed E-state index contributed by atoms with van der Waals surface area (Å²) in [5.41, 5.74) is 0.869. The minimum Gasteiger partial charge on any atom is -0.504 e. The molecule has 0 saturated heterocycles. The molecule has 7 heteroatoms. The van der Waals surface area contributed by atoms with Crippen LogP contribution in [0.25, 0.3) is 0 Å². The van der Waals surface area contributed by atoms with Gasteiger partial charge in [0.1, 0.15) is 5.82 Å². The summed E-state index contributed by atoms with van der Waals surface area (Å²) in [5.74, 6) is -0.304. The second kappa shape index (κ2) is 6.60. The van der Waals surface area contributed by atoms with Gasteiger partial charge in [-0.2, -0.15) is 0 Å². The number of hydrogen-bond acceptors (Lipinski definition) is 3. The second-order valence-corrected chi connectivity index (χ2v) is 5.46. The topological polar surface area (TPSA) is 41.5 Å². The Bertz CT molecular complexity index is 657. The van der Waals surface area contributed by atoms with Gasteiger partial charge in [-0.05, 0) is 18.2 Å². The molecule has 0 bridgehead atoms. The molecule has 112 valence electrons. The van der Waals surface area contributed by atoms with Crippen LogP contribution in [0.2, 0.25) is 15.1 Å². The highest BCUT2D eigenvalue weighted by Crippen LogP contribution is 2.36. The molecule has 0 spiro atoms. The summed E-state index contributed by atoms with van der Waals surface area (Å²) in [7, 11) is 1.43. The molecule has 2 N–H and O–H groups in total. The molecule has 2 aromatic rings. The summed E-state index contributed by atoms with van der Waals surface area (Å²) in [5, 5.41) is 13.7. The first-order valence-corrected chi connectivity index (χ1v) is 6.99. The van der Waals surface area contributed by atoms with Crippen LogP contribution in [0.3, 0.4) is 0 Å². The van der Waals surface area contributed by atoms with Gasteiger partial charge in [-0.1, -0.05) is 34.8 Å². The highest BCUT2D eigenvalue weighted by atomic mass is 35.5. The van der Waals surface area contributed by atoms with Crippen LogP contribution in [-0.2, 0) is 6.54 Å². The molecule has 0 heterocycles. The number of hydrogen-bond donors (Lipinski definition) is 2. The minimum atomic E-state index is -0.525. The summed E-state index contributed by atoms with van der Waals surface area (Å²) in [6.07, 6.45) is 0. The zero-order chi connectivity index (χ0) is 15.6. The maximum atomic E-state index is 13.1. The molecular formula is C14H11Cl3FNO2. The van der Waals surface area contributed by atoms with Gasteiger partial charge < -0.3 is 15.2 Å². The molecule has 0 amide bonds. The van der Waals surface area contributed by atoms with E-state index in [0.717, 1.165) is 12.1 Å². The Balaban J connectivity index is 2.27. The Hall–Kier alpha value is -1.36. The van der Waals surface area contributed by atoms with E-state index in [1.165, 1.54) is 13.2 Å². The Morgan fingerprint density at radius 2 is 1.76 bits per heavy atom. The molecule has 0 atom stereocenters. The van der Waals surface area contributed by atoms with E-state index in [1.807, 2.05) is 0 Å². The van der Waals surface area contributed by atoms with Crippen molar-refractivity contribution in [3.63, 3.8) is 0 Å². The summed E-state index contributed by atoms with van der Waals surface area (Å²) in [6.45, 7) is 0.188. The number of ether oxygens (including phenoxy) is 1. The van der Waals surface area contributed by atoms with Crippen molar-refractivity contribution in [3.05, 3.63) is 50.7 Å². The monoisotopic (exact) mass is 349 g/mol. The Labute approximate surface area is 136 Å². The molecule has 21 heavy (non-hydrogen) atoms. The number of anilines is 1. The summed E-state index contributed by atoms with van der Waals surface area (Å²) < 4.78 is 18.1. The maximum Gasteiger partial charge on any atom is 0.162 e. The minimum absolute atomic E-state index is 0.0382. The van der Waals surface area contributed by atoms with Gasteiger partial charge in [-0.25, -0.2) is 4.39 Å². The molecule has 2 aromatic carbocycles. The molecule has 2 rings (SSSR count). The van der Waals surface area contributed by atoms with Gasteiger partial charge in [0.25, 0.3) is 0 Å². The van der Waals surface area contributed by atoms with Gasteiger partial charge in [0, 0.05) is 23.2 Å². The van der Waals surface area contributed by atoms with Crippen LogP contribution in [0.4, 0.5) is 10.1 Å². The molecule has 3 nitrogen and oxygen atoms in total. The van der Waals surface area contributed by atoms with E-state index in [9.17, 15) is 9.50 Å². The highest BCUT2D eigenvalue weighted by Gasteiger charge is 2.12. The zero-order valence-electron chi connectivity index (χ0n) is 10.9. The van der Waals surface area contributed by atoms with Crippen molar-refractivity contribution in [2.45, 2.75) is 6.54 Å². The fourth-order valence-electron chi connectivity index (χ4n) is 1.81. The van der Waals surface area contributed by atoms with Crippen molar-refractivity contribution >= 4 is 40.5 Å². The highest BCUT2D eigenvalue weighted by molar-refractivity contribution is 6.39. The van der Waals surface area contributed by atoms with E-state index in [2.05, 4.69) is 5.32 Å². The molecule has 0 unspecified atom stereocenters. The summed E-state index contributed by atoms with van der Waals surface area (Å²) >= 11 is 17.8. The van der Waals surface area contributed by atoms with Crippen molar-refractivity contribution in [1.82, 2.24) is 0 Å². The first-order chi connectivity index (χ1) is 9.92. The van der Waals surface area contributed by atoms with Crippen LogP contribution >= 0.6 is 34.8 Å². The van der Waals surface area contributed by atoms with E-state index in [1.54, 1.807) is 6.07 Å². The van der Waals surface area contributed by atoms with Crippen LogP contribution in [-0.4, -0.2) is 12.2 Å². The van der Waals surface area contributed by atoms with Crippen molar-refractivity contribution in [2.75, 3.05) is 12.4 Å². The Kier molecular flexibility index (Phi) is 5.04. The lowest BCUT2D eigenvalue weighted by Gasteiger charge is -2.13. The van der Waals surface area contributed by atoms with Gasteiger partial charge in [0.15, 0.2) is 11.5 Å². The first kappa shape index (κ1) is 16.0. The lowest BCUT2D eigenvalue weighted by atomic mass is 10.1. The third-order valence-corrected chi connectivity index (χ3v) is 3.62. The fraction of sp³-hybridized carbons (Fsp3) is 0.143. The van der Waals surface area contributed by atoms with Crippen LogP contribution in [0.5, 0.6) is 11.5 Å². The normalized spacial score (nSPS) is 10.5. The van der Waals surface area contributed by atoms with Crippen LogP contribution < -0.4 is 10.1 Å². The van der Waals surface area contributed by atoms with Gasteiger partial charge in [0.05, 0.1) is 22.8 Å². The molecule has 0 aliphatic rings. The molecule has 0 aliphatic heterocycles. The van der Waals surface area contributed by atoms with Gasteiger partial charge >= 0.3 is 0 Å². The predicted molar refractivity (Wildman–Crippen MR) is 83.4 cm³/mol. The van der Waals surface area contributed by atoms with E-state index in [4.69, 9.17) is 39.5 Å². The smallest absolute Gasteiger partial charge is 0.162 e.